The number of benzene rings is 1. The monoisotopic (exact) mass is 299 g/mol. The summed E-state index contributed by atoms with van der Waals surface area (Å²) in [5, 5.41) is 6.40. The number of hydrogen-bond acceptors (Lipinski definition) is 3. The Labute approximate surface area is 130 Å². The molecule has 0 radical (unpaired) electrons. The van der Waals surface area contributed by atoms with E-state index in [2.05, 4.69) is 15.6 Å². The zero-order chi connectivity index (χ0) is 16.3. The van der Waals surface area contributed by atoms with Gasteiger partial charge in [0.2, 0.25) is 5.91 Å². The molecule has 1 aromatic heterocycles. The van der Waals surface area contributed by atoms with Gasteiger partial charge in [-0.2, -0.15) is 0 Å². The number of carbonyl (C=O) groups excluding carboxylic acids is 2. The molecule has 0 bridgehead atoms. The summed E-state index contributed by atoms with van der Waals surface area (Å²) in [7, 11) is 0. The summed E-state index contributed by atoms with van der Waals surface area (Å²) in [4.78, 5) is 28.6. The Morgan fingerprint density at radius 3 is 2.59 bits per heavy atom. The van der Waals surface area contributed by atoms with Crippen LogP contribution in [0.2, 0.25) is 0 Å². The standard InChI is InChI=1S/C17H21N3O2/c1-5-18-17(22)14-8-12(20-16(21)10(2)3)9-15-13(14)7-6-11(4)19-15/h6-10H,5H2,1-4H3,(H,18,22)(H,20,21). The van der Waals surface area contributed by atoms with Crippen LogP contribution in [-0.2, 0) is 4.79 Å². The molecule has 22 heavy (non-hydrogen) atoms. The van der Waals surface area contributed by atoms with Crippen molar-refractivity contribution in [2.24, 2.45) is 5.92 Å². The first-order valence-electron chi connectivity index (χ1n) is 7.42. The smallest absolute Gasteiger partial charge is 0.252 e. The van der Waals surface area contributed by atoms with Gasteiger partial charge in [0.1, 0.15) is 0 Å². The minimum atomic E-state index is -0.168. The summed E-state index contributed by atoms with van der Waals surface area (Å²) in [6.45, 7) is 7.95. The Morgan fingerprint density at radius 2 is 1.95 bits per heavy atom. The predicted molar refractivity (Wildman–Crippen MR) is 88.0 cm³/mol. The van der Waals surface area contributed by atoms with Gasteiger partial charge in [-0.1, -0.05) is 19.9 Å². The molecule has 5 heteroatoms. The molecule has 0 aliphatic carbocycles. The van der Waals surface area contributed by atoms with Gasteiger partial charge in [0.15, 0.2) is 0 Å². The number of fused-ring (bicyclic) bond motifs is 1. The highest BCUT2D eigenvalue weighted by molar-refractivity contribution is 6.08. The van der Waals surface area contributed by atoms with E-state index in [9.17, 15) is 9.59 Å². The highest BCUT2D eigenvalue weighted by atomic mass is 16.2. The van der Waals surface area contributed by atoms with Crippen LogP contribution in [0.15, 0.2) is 24.3 Å². The largest absolute Gasteiger partial charge is 0.352 e. The van der Waals surface area contributed by atoms with Crippen molar-refractivity contribution in [3.63, 3.8) is 0 Å². The first-order chi connectivity index (χ1) is 10.4. The fraction of sp³-hybridized carbons (Fsp3) is 0.353. The van der Waals surface area contributed by atoms with Crippen LogP contribution >= 0.6 is 0 Å². The van der Waals surface area contributed by atoms with Crippen LogP contribution < -0.4 is 10.6 Å². The minimum absolute atomic E-state index is 0.0890. The number of amides is 2. The number of hydrogen-bond donors (Lipinski definition) is 2. The lowest BCUT2D eigenvalue weighted by Gasteiger charge is -2.12. The Morgan fingerprint density at radius 1 is 1.23 bits per heavy atom. The van der Waals surface area contributed by atoms with Crippen LogP contribution in [0.25, 0.3) is 10.9 Å². The van der Waals surface area contributed by atoms with E-state index in [0.29, 0.717) is 23.3 Å². The second kappa shape index (κ2) is 6.56. The van der Waals surface area contributed by atoms with E-state index in [1.165, 1.54) is 0 Å². The van der Waals surface area contributed by atoms with Crippen molar-refractivity contribution >= 4 is 28.4 Å². The molecule has 2 rings (SSSR count). The molecule has 0 aliphatic heterocycles. The molecule has 0 aliphatic rings. The van der Waals surface area contributed by atoms with E-state index in [0.717, 1.165) is 11.1 Å². The quantitative estimate of drug-likeness (QED) is 0.912. The number of rotatable bonds is 4. The van der Waals surface area contributed by atoms with Gasteiger partial charge >= 0.3 is 0 Å². The predicted octanol–water partition coefficient (Wildman–Crippen LogP) is 2.89. The lowest BCUT2D eigenvalue weighted by atomic mass is 10.1. The van der Waals surface area contributed by atoms with Crippen molar-refractivity contribution in [1.82, 2.24) is 10.3 Å². The van der Waals surface area contributed by atoms with E-state index in [4.69, 9.17) is 0 Å². The van der Waals surface area contributed by atoms with Crippen LogP contribution in [0.1, 0.15) is 36.8 Å². The fourth-order valence-electron chi connectivity index (χ4n) is 2.14. The van der Waals surface area contributed by atoms with E-state index >= 15 is 0 Å². The zero-order valence-corrected chi connectivity index (χ0v) is 13.4. The van der Waals surface area contributed by atoms with Crippen molar-refractivity contribution in [2.75, 3.05) is 11.9 Å². The highest BCUT2D eigenvalue weighted by Crippen LogP contribution is 2.23. The van der Waals surface area contributed by atoms with Gasteiger partial charge in [0.05, 0.1) is 11.1 Å². The summed E-state index contributed by atoms with van der Waals surface area (Å²) < 4.78 is 0. The maximum atomic E-state index is 12.3. The van der Waals surface area contributed by atoms with E-state index in [1.807, 2.05) is 39.8 Å². The molecule has 2 N–H and O–H groups in total. The molecule has 0 fully saturated rings. The molecule has 0 saturated carbocycles. The molecular formula is C17H21N3O2. The summed E-state index contributed by atoms with van der Waals surface area (Å²) in [5.74, 6) is -0.387. The van der Waals surface area contributed by atoms with E-state index < -0.39 is 0 Å². The number of aromatic nitrogens is 1. The van der Waals surface area contributed by atoms with Crippen molar-refractivity contribution in [3.8, 4) is 0 Å². The number of pyridine rings is 1. The number of nitrogens with one attached hydrogen (secondary N) is 2. The van der Waals surface area contributed by atoms with Crippen molar-refractivity contribution < 1.29 is 9.59 Å². The second-order valence-corrected chi connectivity index (χ2v) is 5.55. The molecule has 116 valence electrons. The van der Waals surface area contributed by atoms with Gasteiger partial charge in [-0.05, 0) is 32.0 Å². The SMILES string of the molecule is CCNC(=O)c1cc(NC(=O)C(C)C)cc2nc(C)ccc12. The molecule has 0 unspecified atom stereocenters. The number of carbonyl (C=O) groups is 2. The first-order valence-corrected chi connectivity index (χ1v) is 7.42. The molecule has 1 aromatic carbocycles. The summed E-state index contributed by atoms with van der Waals surface area (Å²) in [5.41, 5.74) is 2.67. The van der Waals surface area contributed by atoms with Crippen molar-refractivity contribution in [2.45, 2.75) is 27.7 Å². The Kier molecular flexibility index (Phi) is 4.75. The first kappa shape index (κ1) is 15.9. The Balaban J connectivity index is 2.54. The average molecular weight is 299 g/mol. The van der Waals surface area contributed by atoms with Crippen LogP contribution in [-0.4, -0.2) is 23.3 Å². The van der Waals surface area contributed by atoms with Crippen molar-refractivity contribution in [1.29, 1.82) is 0 Å². The lowest BCUT2D eigenvalue weighted by Crippen LogP contribution is -2.23. The normalized spacial score (nSPS) is 10.8. The third-order valence-corrected chi connectivity index (χ3v) is 3.32. The molecule has 0 atom stereocenters. The summed E-state index contributed by atoms with van der Waals surface area (Å²) in [6, 6.07) is 7.25. The van der Waals surface area contributed by atoms with E-state index in [1.54, 1.807) is 12.1 Å². The molecule has 2 aromatic rings. The molecule has 2 amide bonds. The van der Waals surface area contributed by atoms with Crippen molar-refractivity contribution in [3.05, 3.63) is 35.5 Å². The van der Waals surface area contributed by atoms with Gasteiger partial charge in [-0.3, -0.25) is 14.6 Å². The fourth-order valence-corrected chi connectivity index (χ4v) is 2.14. The van der Waals surface area contributed by atoms with E-state index in [-0.39, 0.29) is 17.7 Å². The maximum absolute atomic E-state index is 12.3. The Bertz CT molecular complexity index is 723. The van der Waals surface area contributed by atoms with Crippen LogP contribution in [0.4, 0.5) is 5.69 Å². The van der Waals surface area contributed by atoms with Gasteiger partial charge < -0.3 is 10.6 Å². The number of anilines is 1. The van der Waals surface area contributed by atoms with Gasteiger partial charge in [-0.15, -0.1) is 0 Å². The van der Waals surface area contributed by atoms with Gasteiger partial charge in [0, 0.05) is 29.2 Å². The number of nitrogens with zero attached hydrogens (tertiary/aromatic N) is 1. The van der Waals surface area contributed by atoms with Crippen LogP contribution in [0, 0.1) is 12.8 Å². The molecule has 5 nitrogen and oxygen atoms in total. The molecular weight excluding hydrogens is 278 g/mol. The maximum Gasteiger partial charge on any atom is 0.252 e. The number of aryl methyl sites for hydroxylation is 1. The zero-order valence-electron chi connectivity index (χ0n) is 13.4. The topological polar surface area (TPSA) is 71.1 Å². The summed E-state index contributed by atoms with van der Waals surface area (Å²) in [6.07, 6.45) is 0. The van der Waals surface area contributed by atoms with Gasteiger partial charge in [-0.25, -0.2) is 0 Å². The third-order valence-electron chi connectivity index (χ3n) is 3.32. The minimum Gasteiger partial charge on any atom is -0.352 e. The third kappa shape index (κ3) is 3.42. The van der Waals surface area contributed by atoms with Gasteiger partial charge in [0.25, 0.3) is 5.91 Å². The Hall–Kier alpha value is -2.43. The highest BCUT2D eigenvalue weighted by Gasteiger charge is 2.14. The lowest BCUT2D eigenvalue weighted by molar-refractivity contribution is -0.118. The molecule has 0 spiro atoms. The molecule has 1 heterocycles. The van der Waals surface area contributed by atoms with Crippen LogP contribution in [0.3, 0.4) is 0 Å². The molecule has 0 saturated heterocycles. The second-order valence-electron chi connectivity index (χ2n) is 5.55. The average Bonchev–Trinajstić information content (AvgIpc) is 2.46. The van der Waals surface area contributed by atoms with Crippen LogP contribution in [0.5, 0.6) is 0 Å². The summed E-state index contributed by atoms with van der Waals surface area (Å²) >= 11 is 0.